The molecule has 0 aliphatic carbocycles. The highest BCUT2D eigenvalue weighted by Crippen LogP contribution is 2.18. The van der Waals surface area contributed by atoms with Crippen LogP contribution < -0.4 is 5.32 Å². The molecule has 2 rings (SSSR count). The van der Waals surface area contributed by atoms with Crippen molar-refractivity contribution in [3.05, 3.63) is 41.8 Å². The second-order valence-electron chi connectivity index (χ2n) is 4.53. The molecule has 0 saturated heterocycles. The highest BCUT2D eigenvalue weighted by molar-refractivity contribution is 5.44. The van der Waals surface area contributed by atoms with Crippen molar-refractivity contribution < 1.29 is 8.91 Å². The van der Waals surface area contributed by atoms with Gasteiger partial charge in [-0.1, -0.05) is 18.5 Å². The number of nitrogens with one attached hydrogen (secondary N) is 1. The Morgan fingerprint density at radius 3 is 2.74 bits per heavy atom. The van der Waals surface area contributed by atoms with Crippen LogP contribution in [0.4, 0.5) is 10.1 Å². The number of benzene rings is 1. The number of nitrogens with zero attached hydrogens (tertiary/aromatic N) is 2. The van der Waals surface area contributed by atoms with Crippen LogP contribution in [0.2, 0.25) is 0 Å². The molecule has 4 nitrogen and oxygen atoms in total. The Bertz CT molecular complexity index is 510. The van der Waals surface area contributed by atoms with E-state index in [4.69, 9.17) is 4.52 Å². The molecule has 2 aromatic rings. The maximum absolute atomic E-state index is 12.8. The van der Waals surface area contributed by atoms with Gasteiger partial charge in [0.15, 0.2) is 5.82 Å². The first kappa shape index (κ1) is 13.5. The molecular formula is C14H18FN3O. The summed E-state index contributed by atoms with van der Waals surface area (Å²) >= 11 is 0. The third kappa shape index (κ3) is 3.77. The van der Waals surface area contributed by atoms with Crippen molar-refractivity contribution in [3.63, 3.8) is 0 Å². The van der Waals surface area contributed by atoms with Gasteiger partial charge in [0.2, 0.25) is 5.89 Å². The van der Waals surface area contributed by atoms with E-state index in [2.05, 4.69) is 22.4 Å². The topological polar surface area (TPSA) is 51.0 Å². The first-order valence-electron chi connectivity index (χ1n) is 6.53. The molecule has 0 spiro atoms. The molecule has 19 heavy (non-hydrogen) atoms. The van der Waals surface area contributed by atoms with Crippen molar-refractivity contribution in [2.24, 2.45) is 0 Å². The van der Waals surface area contributed by atoms with Crippen molar-refractivity contribution >= 4 is 5.69 Å². The second-order valence-corrected chi connectivity index (χ2v) is 4.53. The Morgan fingerprint density at radius 2 is 2.05 bits per heavy atom. The standard InChI is InChI=1S/C14H18FN3O/c1-3-4-5-13-17-14(19-18-13)10(2)16-12-8-6-11(15)7-9-12/h6-10,16H,3-5H2,1-2H3. The lowest BCUT2D eigenvalue weighted by Crippen LogP contribution is -2.07. The molecule has 0 aliphatic heterocycles. The van der Waals surface area contributed by atoms with Gasteiger partial charge in [-0.3, -0.25) is 0 Å². The molecule has 1 heterocycles. The Morgan fingerprint density at radius 1 is 1.32 bits per heavy atom. The minimum absolute atomic E-state index is 0.103. The number of unbranched alkanes of at least 4 members (excludes halogenated alkanes) is 1. The van der Waals surface area contributed by atoms with Crippen molar-refractivity contribution in [3.8, 4) is 0 Å². The molecule has 5 heteroatoms. The molecular weight excluding hydrogens is 245 g/mol. The SMILES string of the molecule is CCCCc1noc(C(C)Nc2ccc(F)cc2)n1. The van der Waals surface area contributed by atoms with Crippen LogP contribution in [0.15, 0.2) is 28.8 Å². The van der Waals surface area contributed by atoms with Gasteiger partial charge in [0.1, 0.15) is 11.9 Å². The van der Waals surface area contributed by atoms with Crippen molar-refractivity contribution in [2.75, 3.05) is 5.32 Å². The van der Waals surface area contributed by atoms with E-state index in [0.29, 0.717) is 5.89 Å². The number of rotatable bonds is 6. The maximum atomic E-state index is 12.8. The molecule has 0 aliphatic rings. The Hall–Kier alpha value is -1.91. The molecule has 0 bridgehead atoms. The zero-order chi connectivity index (χ0) is 13.7. The summed E-state index contributed by atoms with van der Waals surface area (Å²) in [5.41, 5.74) is 0.821. The Balaban J connectivity index is 1.97. The number of halogens is 1. The van der Waals surface area contributed by atoms with Gasteiger partial charge in [-0.05, 0) is 37.6 Å². The fourth-order valence-electron chi connectivity index (χ4n) is 1.74. The van der Waals surface area contributed by atoms with Gasteiger partial charge in [-0.15, -0.1) is 0 Å². The smallest absolute Gasteiger partial charge is 0.248 e. The van der Waals surface area contributed by atoms with Gasteiger partial charge in [0.25, 0.3) is 0 Å². The molecule has 0 saturated carbocycles. The van der Waals surface area contributed by atoms with Gasteiger partial charge in [-0.2, -0.15) is 4.98 Å². The first-order valence-corrected chi connectivity index (χ1v) is 6.53. The summed E-state index contributed by atoms with van der Waals surface area (Å²) in [5.74, 6) is 1.04. The maximum Gasteiger partial charge on any atom is 0.248 e. The van der Waals surface area contributed by atoms with Gasteiger partial charge in [0.05, 0.1) is 0 Å². The van der Waals surface area contributed by atoms with E-state index in [1.807, 2.05) is 6.92 Å². The number of aryl methyl sites for hydroxylation is 1. The summed E-state index contributed by atoms with van der Waals surface area (Å²) in [6.45, 7) is 4.06. The van der Waals surface area contributed by atoms with Gasteiger partial charge >= 0.3 is 0 Å². The quantitative estimate of drug-likeness (QED) is 0.862. The molecule has 1 aromatic heterocycles. The predicted molar refractivity (Wildman–Crippen MR) is 71.3 cm³/mol. The molecule has 0 fully saturated rings. The number of aromatic nitrogens is 2. The molecule has 102 valence electrons. The van der Waals surface area contributed by atoms with E-state index in [1.165, 1.54) is 12.1 Å². The summed E-state index contributed by atoms with van der Waals surface area (Å²) in [7, 11) is 0. The number of hydrogen-bond acceptors (Lipinski definition) is 4. The summed E-state index contributed by atoms with van der Waals surface area (Å²) in [6, 6.07) is 6.08. The number of anilines is 1. The largest absolute Gasteiger partial charge is 0.374 e. The Kier molecular flexibility index (Phi) is 4.49. The molecule has 1 aromatic carbocycles. The lowest BCUT2D eigenvalue weighted by atomic mass is 10.2. The summed E-state index contributed by atoms with van der Waals surface area (Å²) in [4.78, 5) is 4.35. The lowest BCUT2D eigenvalue weighted by molar-refractivity contribution is 0.362. The minimum atomic E-state index is -0.252. The average Bonchev–Trinajstić information content (AvgIpc) is 2.88. The van der Waals surface area contributed by atoms with E-state index < -0.39 is 0 Å². The monoisotopic (exact) mass is 263 g/mol. The van der Waals surface area contributed by atoms with E-state index in [9.17, 15) is 4.39 Å². The fraction of sp³-hybridized carbons (Fsp3) is 0.429. The van der Waals surface area contributed by atoms with Gasteiger partial charge in [-0.25, -0.2) is 4.39 Å². The molecule has 1 atom stereocenters. The summed E-state index contributed by atoms with van der Waals surface area (Å²) in [6.07, 6.45) is 3.00. The van der Waals surface area contributed by atoms with E-state index in [0.717, 1.165) is 30.8 Å². The molecule has 1 N–H and O–H groups in total. The highest BCUT2D eigenvalue weighted by atomic mass is 19.1. The minimum Gasteiger partial charge on any atom is -0.374 e. The third-order valence-corrected chi connectivity index (χ3v) is 2.84. The van der Waals surface area contributed by atoms with Crippen LogP contribution >= 0.6 is 0 Å². The van der Waals surface area contributed by atoms with Crippen LogP contribution in [-0.4, -0.2) is 10.1 Å². The fourth-order valence-corrected chi connectivity index (χ4v) is 1.74. The first-order chi connectivity index (χ1) is 9.19. The lowest BCUT2D eigenvalue weighted by Gasteiger charge is -2.10. The van der Waals surface area contributed by atoms with Gasteiger partial charge < -0.3 is 9.84 Å². The number of hydrogen-bond donors (Lipinski definition) is 1. The van der Waals surface area contributed by atoms with Crippen LogP contribution in [0.3, 0.4) is 0 Å². The summed E-state index contributed by atoms with van der Waals surface area (Å²) < 4.78 is 18.0. The molecule has 0 radical (unpaired) electrons. The van der Waals surface area contributed by atoms with Crippen LogP contribution in [0.1, 0.15) is 44.4 Å². The predicted octanol–water partition coefficient (Wildman–Crippen LogP) is 3.72. The normalized spacial score (nSPS) is 12.4. The van der Waals surface area contributed by atoms with Crippen LogP contribution in [0, 0.1) is 5.82 Å². The third-order valence-electron chi connectivity index (χ3n) is 2.84. The van der Waals surface area contributed by atoms with Gasteiger partial charge in [0, 0.05) is 12.1 Å². The van der Waals surface area contributed by atoms with Crippen LogP contribution in [0.25, 0.3) is 0 Å². The zero-order valence-electron chi connectivity index (χ0n) is 11.2. The zero-order valence-corrected chi connectivity index (χ0v) is 11.2. The molecule has 0 amide bonds. The molecule has 1 unspecified atom stereocenters. The van der Waals surface area contributed by atoms with E-state index in [1.54, 1.807) is 12.1 Å². The average molecular weight is 263 g/mol. The van der Waals surface area contributed by atoms with Crippen molar-refractivity contribution in [2.45, 2.75) is 39.2 Å². The summed E-state index contributed by atoms with van der Waals surface area (Å²) in [5, 5.41) is 7.14. The highest BCUT2D eigenvalue weighted by Gasteiger charge is 2.13. The van der Waals surface area contributed by atoms with Crippen LogP contribution in [0.5, 0.6) is 0 Å². The van der Waals surface area contributed by atoms with Crippen molar-refractivity contribution in [1.29, 1.82) is 0 Å². The van der Waals surface area contributed by atoms with Crippen molar-refractivity contribution in [1.82, 2.24) is 10.1 Å². The van der Waals surface area contributed by atoms with E-state index in [-0.39, 0.29) is 11.9 Å². The second kappa shape index (κ2) is 6.31. The van der Waals surface area contributed by atoms with E-state index >= 15 is 0 Å². The Labute approximate surface area is 112 Å². The van der Waals surface area contributed by atoms with Crippen LogP contribution in [-0.2, 0) is 6.42 Å².